The van der Waals surface area contributed by atoms with E-state index in [1.54, 1.807) is 0 Å². The number of rotatable bonds is 7. The van der Waals surface area contributed by atoms with E-state index in [0.29, 0.717) is 6.42 Å². The Bertz CT molecular complexity index is 293. The third-order valence-electron chi connectivity index (χ3n) is 2.12. The summed E-state index contributed by atoms with van der Waals surface area (Å²) in [6.07, 6.45) is 1.41. The number of sulfone groups is 1. The summed E-state index contributed by atoms with van der Waals surface area (Å²) in [4.78, 5) is 11.6. The molecule has 0 fully saturated rings. The standard InChI is InChI=1S/C10H20O4S/c1-8(2)10(14-3)9(11)6-5-7-15(4,12)13/h8,10H,5-7H2,1-4H3. The van der Waals surface area contributed by atoms with Gasteiger partial charge in [0.15, 0.2) is 5.78 Å². The lowest BCUT2D eigenvalue weighted by molar-refractivity contribution is -0.131. The third kappa shape index (κ3) is 6.62. The number of Topliss-reactive ketones (excluding diaryl/α,β-unsaturated/α-hetero) is 1. The van der Waals surface area contributed by atoms with Crippen LogP contribution in [-0.4, -0.2) is 39.4 Å². The van der Waals surface area contributed by atoms with Crippen molar-refractivity contribution in [1.29, 1.82) is 0 Å². The molecule has 0 aliphatic carbocycles. The SMILES string of the molecule is COC(C(=O)CCCS(C)(=O)=O)C(C)C. The summed E-state index contributed by atoms with van der Waals surface area (Å²) >= 11 is 0. The summed E-state index contributed by atoms with van der Waals surface area (Å²) in [5.41, 5.74) is 0. The van der Waals surface area contributed by atoms with Gasteiger partial charge >= 0.3 is 0 Å². The van der Waals surface area contributed by atoms with E-state index in [-0.39, 0.29) is 23.9 Å². The molecule has 0 heterocycles. The maximum Gasteiger partial charge on any atom is 0.161 e. The molecule has 0 saturated heterocycles. The predicted molar refractivity (Wildman–Crippen MR) is 59.6 cm³/mol. The number of carbonyl (C=O) groups is 1. The Labute approximate surface area is 91.9 Å². The van der Waals surface area contributed by atoms with E-state index in [1.807, 2.05) is 13.8 Å². The molecule has 0 N–H and O–H groups in total. The van der Waals surface area contributed by atoms with Gasteiger partial charge < -0.3 is 4.74 Å². The summed E-state index contributed by atoms with van der Waals surface area (Å²) in [6.45, 7) is 3.81. The van der Waals surface area contributed by atoms with Crippen LogP contribution in [0, 0.1) is 5.92 Å². The number of ether oxygens (including phenoxy) is 1. The van der Waals surface area contributed by atoms with E-state index in [2.05, 4.69) is 0 Å². The Morgan fingerprint density at radius 2 is 1.87 bits per heavy atom. The van der Waals surface area contributed by atoms with Crippen LogP contribution in [-0.2, 0) is 19.4 Å². The monoisotopic (exact) mass is 236 g/mol. The molecule has 1 unspecified atom stereocenters. The van der Waals surface area contributed by atoms with Gasteiger partial charge in [-0.1, -0.05) is 13.8 Å². The second kappa shape index (κ2) is 6.23. The lowest BCUT2D eigenvalue weighted by Crippen LogP contribution is -2.28. The highest BCUT2D eigenvalue weighted by Gasteiger charge is 2.21. The van der Waals surface area contributed by atoms with E-state index in [4.69, 9.17) is 4.74 Å². The summed E-state index contributed by atoms with van der Waals surface area (Å²) < 4.78 is 26.7. The smallest absolute Gasteiger partial charge is 0.161 e. The molecular formula is C10H20O4S. The maximum absolute atomic E-state index is 11.6. The minimum absolute atomic E-state index is 0.0175. The van der Waals surface area contributed by atoms with Crippen LogP contribution < -0.4 is 0 Å². The summed E-state index contributed by atoms with van der Waals surface area (Å²) in [6, 6.07) is 0. The highest BCUT2D eigenvalue weighted by molar-refractivity contribution is 7.90. The van der Waals surface area contributed by atoms with E-state index < -0.39 is 15.9 Å². The molecule has 1 atom stereocenters. The van der Waals surface area contributed by atoms with Crippen LogP contribution in [0.3, 0.4) is 0 Å². The van der Waals surface area contributed by atoms with Gasteiger partial charge in [-0.3, -0.25) is 4.79 Å². The lowest BCUT2D eigenvalue weighted by Gasteiger charge is -2.17. The first kappa shape index (κ1) is 14.6. The van der Waals surface area contributed by atoms with Gasteiger partial charge in [0.1, 0.15) is 15.9 Å². The molecular weight excluding hydrogens is 216 g/mol. The molecule has 0 saturated carbocycles. The van der Waals surface area contributed by atoms with Gasteiger partial charge in [0.05, 0.1) is 5.75 Å². The van der Waals surface area contributed by atoms with Gasteiger partial charge in [-0.2, -0.15) is 0 Å². The molecule has 0 aromatic carbocycles. The molecule has 0 aromatic rings. The highest BCUT2D eigenvalue weighted by atomic mass is 32.2. The zero-order valence-electron chi connectivity index (χ0n) is 9.82. The Hall–Kier alpha value is -0.420. The van der Waals surface area contributed by atoms with E-state index in [9.17, 15) is 13.2 Å². The Kier molecular flexibility index (Phi) is 6.05. The number of hydrogen-bond donors (Lipinski definition) is 0. The predicted octanol–water partition coefficient (Wildman–Crippen LogP) is 1.05. The molecule has 0 radical (unpaired) electrons. The van der Waals surface area contributed by atoms with Crippen molar-refractivity contribution >= 4 is 15.6 Å². The normalized spacial score (nSPS) is 14.2. The number of hydrogen-bond acceptors (Lipinski definition) is 4. The van der Waals surface area contributed by atoms with E-state index in [1.165, 1.54) is 13.4 Å². The largest absolute Gasteiger partial charge is 0.373 e. The molecule has 15 heavy (non-hydrogen) atoms. The average Bonchev–Trinajstić information content (AvgIpc) is 2.01. The van der Waals surface area contributed by atoms with Crippen molar-refractivity contribution < 1.29 is 17.9 Å². The second-order valence-electron chi connectivity index (χ2n) is 4.10. The first-order valence-corrected chi connectivity index (χ1v) is 7.07. The van der Waals surface area contributed by atoms with E-state index >= 15 is 0 Å². The summed E-state index contributed by atoms with van der Waals surface area (Å²) in [5.74, 6) is 0.171. The zero-order valence-corrected chi connectivity index (χ0v) is 10.6. The fourth-order valence-electron chi connectivity index (χ4n) is 1.43. The van der Waals surface area contributed by atoms with Crippen molar-refractivity contribution in [2.45, 2.75) is 32.8 Å². The van der Waals surface area contributed by atoms with E-state index in [0.717, 1.165) is 0 Å². The Balaban J connectivity index is 4.03. The van der Waals surface area contributed by atoms with Gasteiger partial charge in [-0.15, -0.1) is 0 Å². The lowest BCUT2D eigenvalue weighted by atomic mass is 10.0. The summed E-state index contributed by atoms with van der Waals surface area (Å²) in [7, 11) is -1.47. The van der Waals surface area contributed by atoms with Crippen LogP contribution in [0.15, 0.2) is 0 Å². The van der Waals surface area contributed by atoms with Gasteiger partial charge in [0.2, 0.25) is 0 Å². The van der Waals surface area contributed by atoms with Crippen LogP contribution in [0.25, 0.3) is 0 Å². The fourth-order valence-corrected chi connectivity index (χ4v) is 2.09. The number of methoxy groups -OCH3 is 1. The van der Waals surface area contributed by atoms with Crippen molar-refractivity contribution in [3.8, 4) is 0 Å². The molecule has 0 bridgehead atoms. The molecule has 0 rings (SSSR count). The van der Waals surface area contributed by atoms with Crippen molar-refractivity contribution in [2.24, 2.45) is 5.92 Å². The first-order chi connectivity index (χ1) is 6.78. The van der Waals surface area contributed by atoms with Gasteiger partial charge in [-0.05, 0) is 12.3 Å². The highest BCUT2D eigenvalue weighted by Crippen LogP contribution is 2.10. The molecule has 0 aliphatic rings. The van der Waals surface area contributed by atoms with Gasteiger partial charge in [0, 0.05) is 19.8 Å². The van der Waals surface area contributed by atoms with Crippen molar-refractivity contribution in [3.05, 3.63) is 0 Å². The van der Waals surface area contributed by atoms with Crippen molar-refractivity contribution in [3.63, 3.8) is 0 Å². The molecule has 0 spiro atoms. The molecule has 90 valence electrons. The molecule has 0 aliphatic heterocycles. The molecule has 0 amide bonds. The van der Waals surface area contributed by atoms with Gasteiger partial charge in [-0.25, -0.2) is 8.42 Å². The molecule has 4 nitrogen and oxygen atoms in total. The minimum Gasteiger partial charge on any atom is -0.373 e. The maximum atomic E-state index is 11.6. The third-order valence-corrected chi connectivity index (χ3v) is 3.15. The first-order valence-electron chi connectivity index (χ1n) is 5.01. The Morgan fingerprint density at radius 1 is 1.33 bits per heavy atom. The molecule has 5 heteroatoms. The average molecular weight is 236 g/mol. The van der Waals surface area contributed by atoms with Crippen molar-refractivity contribution in [2.75, 3.05) is 19.1 Å². The molecule has 0 aromatic heterocycles. The zero-order chi connectivity index (χ0) is 12.1. The van der Waals surface area contributed by atoms with Crippen molar-refractivity contribution in [1.82, 2.24) is 0 Å². The van der Waals surface area contributed by atoms with Crippen LogP contribution in [0.1, 0.15) is 26.7 Å². The summed E-state index contributed by atoms with van der Waals surface area (Å²) in [5, 5.41) is 0. The van der Waals surface area contributed by atoms with Gasteiger partial charge in [0.25, 0.3) is 0 Å². The quantitative estimate of drug-likeness (QED) is 0.663. The van der Waals surface area contributed by atoms with Crippen LogP contribution in [0.2, 0.25) is 0 Å². The second-order valence-corrected chi connectivity index (χ2v) is 6.36. The Morgan fingerprint density at radius 3 is 2.20 bits per heavy atom. The van der Waals surface area contributed by atoms with Crippen LogP contribution in [0.4, 0.5) is 0 Å². The number of carbonyl (C=O) groups excluding carboxylic acids is 1. The fraction of sp³-hybridized carbons (Fsp3) is 0.900. The number of ketones is 1. The van der Waals surface area contributed by atoms with Crippen LogP contribution in [0.5, 0.6) is 0 Å². The van der Waals surface area contributed by atoms with Crippen LogP contribution >= 0.6 is 0 Å². The topological polar surface area (TPSA) is 60.4 Å². The minimum atomic E-state index is -2.97.